The van der Waals surface area contributed by atoms with Crippen LogP contribution < -0.4 is 10.9 Å². The number of H-pyrrole nitrogens is 1. The van der Waals surface area contributed by atoms with Crippen LogP contribution >= 0.6 is 0 Å². The van der Waals surface area contributed by atoms with Crippen molar-refractivity contribution in [2.75, 3.05) is 5.32 Å². The Morgan fingerprint density at radius 3 is 2.71 bits per heavy atom. The molecule has 0 fully saturated rings. The van der Waals surface area contributed by atoms with Crippen molar-refractivity contribution in [1.82, 2.24) is 19.7 Å². The van der Waals surface area contributed by atoms with Crippen LogP contribution in [0.5, 0.6) is 0 Å². The van der Waals surface area contributed by atoms with E-state index in [4.69, 9.17) is 4.42 Å². The first kappa shape index (κ1) is 18.6. The Labute approximate surface area is 176 Å². The smallest absolute Gasteiger partial charge is 0.257 e. The molecule has 0 unspecified atom stereocenters. The maximum Gasteiger partial charge on any atom is 0.257 e. The van der Waals surface area contributed by atoms with Gasteiger partial charge in [-0.15, -0.1) is 0 Å². The van der Waals surface area contributed by atoms with E-state index in [2.05, 4.69) is 20.4 Å². The van der Waals surface area contributed by atoms with Gasteiger partial charge in [0.05, 0.1) is 6.26 Å². The molecule has 2 N–H and O–H groups in total. The number of carbonyl (C=O) groups is 1. The lowest BCUT2D eigenvalue weighted by Crippen LogP contribution is -2.19. The van der Waals surface area contributed by atoms with Gasteiger partial charge in [-0.3, -0.25) is 14.6 Å². The predicted octanol–water partition coefficient (Wildman–Crippen LogP) is 3.93. The topological polar surface area (TPSA) is 106 Å². The molecular weight excluding hydrogens is 394 g/mol. The average molecular weight is 411 g/mol. The summed E-state index contributed by atoms with van der Waals surface area (Å²) in [6, 6.07) is 19.8. The van der Waals surface area contributed by atoms with Gasteiger partial charge < -0.3 is 9.73 Å². The summed E-state index contributed by atoms with van der Waals surface area (Å²) in [5.74, 6) is 0.752. The van der Waals surface area contributed by atoms with E-state index in [1.54, 1.807) is 31.2 Å². The molecule has 0 bridgehead atoms. The van der Waals surface area contributed by atoms with Crippen molar-refractivity contribution >= 4 is 22.5 Å². The van der Waals surface area contributed by atoms with Gasteiger partial charge in [0, 0.05) is 23.4 Å². The first-order valence-corrected chi connectivity index (χ1v) is 9.60. The van der Waals surface area contributed by atoms with Crippen molar-refractivity contribution in [1.29, 1.82) is 0 Å². The van der Waals surface area contributed by atoms with E-state index in [9.17, 15) is 9.59 Å². The molecule has 1 amide bonds. The van der Waals surface area contributed by atoms with Crippen molar-refractivity contribution in [2.45, 2.75) is 6.92 Å². The number of fused-ring (bicyclic) bond motifs is 1. The summed E-state index contributed by atoms with van der Waals surface area (Å²) in [5, 5.41) is 9.18. The number of aromatic amines is 1. The first-order valence-electron chi connectivity index (χ1n) is 9.60. The maximum atomic E-state index is 13.2. The predicted molar refractivity (Wildman–Crippen MR) is 116 cm³/mol. The minimum atomic E-state index is -0.316. The van der Waals surface area contributed by atoms with Crippen LogP contribution in [-0.2, 0) is 0 Å². The lowest BCUT2D eigenvalue weighted by Gasteiger charge is -2.10. The van der Waals surface area contributed by atoms with Crippen LogP contribution in [0.25, 0.3) is 28.2 Å². The lowest BCUT2D eigenvalue weighted by molar-refractivity contribution is 0.102. The van der Waals surface area contributed by atoms with Crippen LogP contribution in [-0.4, -0.2) is 25.7 Å². The van der Waals surface area contributed by atoms with Crippen LogP contribution in [0, 0.1) is 6.92 Å². The van der Waals surface area contributed by atoms with Crippen LogP contribution in [0.1, 0.15) is 16.1 Å². The molecule has 3 aromatic heterocycles. The van der Waals surface area contributed by atoms with E-state index < -0.39 is 0 Å². The maximum absolute atomic E-state index is 13.2. The Hall–Kier alpha value is -4.46. The molecule has 152 valence electrons. The average Bonchev–Trinajstić information content (AvgIpc) is 3.42. The van der Waals surface area contributed by atoms with Gasteiger partial charge in [-0.05, 0) is 35.9 Å². The minimum Gasteiger partial charge on any atom is -0.463 e. The number of nitrogens with zero attached hydrogens (tertiary/aromatic N) is 3. The standard InChI is InChI=1S/C23H17N5O3/c1-14-12-21(29)26-23(24-14)28-20(13-18(27-28)19-10-5-11-31-19)25-22(30)17-9-4-7-15-6-2-3-8-16(15)17/h2-13H,1H3,(H,25,30)(H,24,26,29). The van der Waals surface area contributed by atoms with Gasteiger partial charge in [-0.2, -0.15) is 9.78 Å². The molecule has 2 aromatic carbocycles. The molecule has 5 rings (SSSR count). The lowest BCUT2D eigenvalue weighted by atomic mass is 10.0. The summed E-state index contributed by atoms with van der Waals surface area (Å²) in [7, 11) is 0. The zero-order valence-electron chi connectivity index (χ0n) is 16.5. The van der Waals surface area contributed by atoms with Crippen molar-refractivity contribution in [3.05, 3.63) is 94.6 Å². The van der Waals surface area contributed by atoms with E-state index in [-0.39, 0.29) is 17.4 Å². The summed E-state index contributed by atoms with van der Waals surface area (Å²) >= 11 is 0. The Bertz CT molecular complexity index is 1460. The number of anilines is 1. The van der Waals surface area contributed by atoms with Crippen molar-refractivity contribution in [2.24, 2.45) is 0 Å². The van der Waals surface area contributed by atoms with Gasteiger partial charge in [0.2, 0.25) is 5.95 Å². The SMILES string of the molecule is Cc1cc(=O)[nH]c(-n2nc(-c3ccco3)cc2NC(=O)c2cccc3ccccc23)n1. The molecule has 3 heterocycles. The molecule has 0 radical (unpaired) electrons. The number of hydrogen-bond acceptors (Lipinski definition) is 5. The molecule has 8 heteroatoms. The molecule has 0 aliphatic carbocycles. The molecule has 31 heavy (non-hydrogen) atoms. The first-order chi connectivity index (χ1) is 15.1. The molecule has 0 aliphatic rings. The Balaban J connectivity index is 1.60. The number of carbonyl (C=O) groups excluding carboxylic acids is 1. The number of aromatic nitrogens is 4. The molecule has 8 nitrogen and oxygen atoms in total. The van der Waals surface area contributed by atoms with E-state index in [0.29, 0.717) is 28.5 Å². The number of furan rings is 1. The minimum absolute atomic E-state index is 0.191. The van der Waals surface area contributed by atoms with Crippen LogP contribution in [0.4, 0.5) is 5.82 Å². The van der Waals surface area contributed by atoms with E-state index in [1.807, 2.05) is 36.4 Å². The van der Waals surface area contributed by atoms with Gasteiger partial charge in [0.1, 0.15) is 11.5 Å². The molecular formula is C23H17N5O3. The summed E-state index contributed by atoms with van der Waals surface area (Å²) < 4.78 is 6.82. The second kappa shape index (κ2) is 7.42. The van der Waals surface area contributed by atoms with Crippen LogP contribution in [0.3, 0.4) is 0 Å². The van der Waals surface area contributed by atoms with Crippen LogP contribution in [0.2, 0.25) is 0 Å². The number of rotatable bonds is 4. The number of amides is 1. The Morgan fingerprint density at radius 1 is 1.06 bits per heavy atom. The monoisotopic (exact) mass is 411 g/mol. The molecule has 5 aromatic rings. The number of hydrogen-bond donors (Lipinski definition) is 2. The van der Waals surface area contributed by atoms with Gasteiger partial charge in [0.15, 0.2) is 5.76 Å². The fourth-order valence-corrected chi connectivity index (χ4v) is 3.45. The zero-order valence-corrected chi connectivity index (χ0v) is 16.5. The molecule has 0 aliphatic heterocycles. The highest BCUT2D eigenvalue weighted by atomic mass is 16.3. The number of aryl methyl sites for hydroxylation is 1. The zero-order chi connectivity index (χ0) is 21.4. The number of nitrogens with one attached hydrogen (secondary N) is 2. The van der Waals surface area contributed by atoms with E-state index in [0.717, 1.165) is 10.8 Å². The van der Waals surface area contributed by atoms with Crippen LogP contribution in [0.15, 0.2) is 82.2 Å². The fourth-order valence-electron chi connectivity index (χ4n) is 3.45. The summed E-state index contributed by atoms with van der Waals surface area (Å²) in [4.78, 5) is 32.2. The van der Waals surface area contributed by atoms with Gasteiger partial charge in [0.25, 0.3) is 11.5 Å². The van der Waals surface area contributed by atoms with Crippen molar-refractivity contribution < 1.29 is 9.21 Å². The van der Waals surface area contributed by atoms with Gasteiger partial charge >= 0.3 is 0 Å². The molecule has 0 spiro atoms. The Kier molecular flexibility index (Phi) is 4.44. The third-order valence-electron chi connectivity index (χ3n) is 4.82. The molecule has 0 atom stereocenters. The highest BCUT2D eigenvalue weighted by Crippen LogP contribution is 2.25. The third-order valence-corrected chi connectivity index (χ3v) is 4.82. The van der Waals surface area contributed by atoms with Gasteiger partial charge in [-0.25, -0.2) is 4.98 Å². The molecule has 0 saturated heterocycles. The largest absolute Gasteiger partial charge is 0.463 e. The summed E-state index contributed by atoms with van der Waals surface area (Å²) in [6.45, 7) is 1.71. The second-order valence-electron chi connectivity index (χ2n) is 7.00. The number of benzene rings is 2. The van der Waals surface area contributed by atoms with Crippen molar-refractivity contribution in [3.63, 3.8) is 0 Å². The third kappa shape index (κ3) is 3.51. The fraction of sp³-hybridized carbons (Fsp3) is 0.0435. The molecule has 0 saturated carbocycles. The van der Waals surface area contributed by atoms with Crippen molar-refractivity contribution in [3.8, 4) is 17.4 Å². The Morgan fingerprint density at radius 2 is 1.90 bits per heavy atom. The second-order valence-corrected chi connectivity index (χ2v) is 7.00. The summed E-state index contributed by atoms with van der Waals surface area (Å²) in [5.41, 5.74) is 1.22. The summed E-state index contributed by atoms with van der Waals surface area (Å²) in [6.07, 6.45) is 1.54. The normalized spacial score (nSPS) is 11.0. The quantitative estimate of drug-likeness (QED) is 0.466. The van der Waals surface area contributed by atoms with E-state index >= 15 is 0 Å². The van der Waals surface area contributed by atoms with E-state index in [1.165, 1.54) is 17.0 Å². The van der Waals surface area contributed by atoms with Gasteiger partial charge in [-0.1, -0.05) is 36.4 Å². The highest BCUT2D eigenvalue weighted by Gasteiger charge is 2.18. The highest BCUT2D eigenvalue weighted by molar-refractivity contribution is 6.12.